The summed E-state index contributed by atoms with van der Waals surface area (Å²) in [5.74, 6) is 1.69. The number of benzene rings is 2. The molecule has 2 aliphatic heterocycles. The van der Waals surface area contributed by atoms with E-state index in [4.69, 9.17) is 9.47 Å². The Morgan fingerprint density at radius 2 is 1.96 bits per heavy atom. The van der Waals surface area contributed by atoms with Crippen molar-refractivity contribution in [3.63, 3.8) is 0 Å². The molecule has 28 heavy (non-hydrogen) atoms. The van der Waals surface area contributed by atoms with E-state index in [1.807, 2.05) is 25.1 Å². The first-order valence-electron chi connectivity index (χ1n) is 10.1. The van der Waals surface area contributed by atoms with Crippen molar-refractivity contribution in [1.82, 2.24) is 10.2 Å². The Kier molecular flexibility index (Phi) is 5.53. The summed E-state index contributed by atoms with van der Waals surface area (Å²) in [4.78, 5) is 15.0. The molecule has 0 bridgehead atoms. The molecular formula is C23H28N2O3. The van der Waals surface area contributed by atoms with Crippen molar-refractivity contribution in [2.75, 3.05) is 26.3 Å². The summed E-state index contributed by atoms with van der Waals surface area (Å²) in [5.41, 5.74) is 3.56. The highest BCUT2D eigenvalue weighted by atomic mass is 16.6. The second kappa shape index (κ2) is 8.23. The van der Waals surface area contributed by atoms with Crippen LogP contribution in [-0.4, -0.2) is 37.1 Å². The summed E-state index contributed by atoms with van der Waals surface area (Å²) < 4.78 is 11.4. The molecular weight excluding hydrogens is 352 g/mol. The smallest absolute Gasteiger partial charge is 0.234 e. The number of nitrogens with zero attached hydrogens (tertiary/aromatic N) is 1. The SMILES string of the molecule is Cc1ccccc1[C@@H](C)NC(=O)CN1CCC[C@@H]1c1ccc2c(c1)OCCO2. The number of aryl methyl sites for hydroxylation is 1. The Morgan fingerprint density at radius 1 is 1.18 bits per heavy atom. The van der Waals surface area contributed by atoms with E-state index in [0.29, 0.717) is 19.8 Å². The Hall–Kier alpha value is -2.53. The molecule has 148 valence electrons. The maximum atomic E-state index is 12.7. The van der Waals surface area contributed by atoms with E-state index in [0.717, 1.165) is 30.9 Å². The van der Waals surface area contributed by atoms with Crippen molar-refractivity contribution in [1.29, 1.82) is 0 Å². The molecule has 2 aliphatic rings. The number of carbonyl (C=O) groups excluding carboxylic acids is 1. The van der Waals surface area contributed by atoms with Gasteiger partial charge >= 0.3 is 0 Å². The monoisotopic (exact) mass is 380 g/mol. The highest BCUT2D eigenvalue weighted by Crippen LogP contribution is 2.37. The van der Waals surface area contributed by atoms with E-state index in [9.17, 15) is 4.79 Å². The summed E-state index contributed by atoms with van der Waals surface area (Å²) in [6.45, 7) is 6.66. The number of carbonyl (C=O) groups is 1. The zero-order valence-electron chi connectivity index (χ0n) is 16.6. The fourth-order valence-electron chi connectivity index (χ4n) is 4.28. The molecule has 0 spiro atoms. The third-order valence-corrected chi connectivity index (χ3v) is 5.69. The van der Waals surface area contributed by atoms with Crippen molar-refractivity contribution in [2.45, 2.75) is 38.8 Å². The third kappa shape index (κ3) is 3.99. The standard InChI is InChI=1S/C23H28N2O3/c1-16-6-3-4-7-19(16)17(2)24-23(26)15-25-11-5-8-20(25)18-9-10-21-22(14-18)28-13-12-27-21/h3-4,6-7,9-10,14,17,20H,5,8,11-13,15H2,1-2H3,(H,24,26)/t17-,20-/m1/s1. The van der Waals surface area contributed by atoms with Crippen molar-refractivity contribution >= 4 is 5.91 Å². The number of nitrogens with one attached hydrogen (secondary N) is 1. The van der Waals surface area contributed by atoms with E-state index in [1.54, 1.807) is 0 Å². The number of amides is 1. The maximum absolute atomic E-state index is 12.7. The second-order valence-electron chi connectivity index (χ2n) is 7.68. The molecule has 5 nitrogen and oxygen atoms in total. The fraction of sp³-hybridized carbons (Fsp3) is 0.435. The van der Waals surface area contributed by atoms with E-state index in [2.05, 4.69) is 41.4 Å². The van der Waals surface area contributed by atoms with Gasteiger partial charge in [0, 0.05) is 6.04 Å². The zero-order valence-corrected chi connectivity index (χ0v) is 16.6. The molecule has 5 heteroatoms. The fourth-order valence-corrected chi connectivity index (χ4v) is 4.28. The van der Waals surface area contributed by atoms with Crippen LogP contribution in [0.3, 0.4) is 0 Å². The minimum Gasteiger partial charge on any atom is -0.486 e. The van der Waals surface area contributed by atoms with Gasteiger partial charge in [0.1, 0.15) is 13.2 Å². The van der Waals surface area contributed by atoms with Crippen LogP contribution in [0.1, 0.15) is 48.5 Å². The van der Waals surface area contributed by atoms with Crippen LogP contribution in [0.5, 0.6) is 11.5 Å². The summed E-state index contributed by atoms with van der Waals surface area (Å²) in [6, 6.07) is 14.6. The summed E-state index contributed by atoms with van der Waals surface area (Å²) in [5, 5.41) is 3.16. The molecule has 1 amide bonds. The van der Waals surface area contributed by atoms with Crippen molar-refractivity contribution < 1.29 is 14.3 Å². The summed E-state index contributed by atoms with van der Waals surface area (Å²) in [6.07, 6.45) is 2.15. The van der Waals surface area contributed by atoms with Crippen LogP contribution >= 0.6 is 0 Å². The number of hydrogen-bond donors (Lipinski definition) is 1. The van der Waals surface area contributed by atoms with Gasteiger partial charge in [-0.25, -0.2) is 0 Å². The molecule has 0 aliphatic carbocycles. The molecule has 2 heterocycles. The summed E-state index contributed by atoms with van der Waals surface area (Å²) >= 11 is 0. The zero-order chi connectivity index (χ0) is 19.5. The van der Waals surface area contributed by atoms with Gasteiger partial charge in [-0.15, -0.1) is 0 Å². The van der Waals surface area contributed by atoms with Gasteiger partial charge in [-0.05, 0) is 62.1 Å². The lowest BCUT2D eigenvalue weighted by atomic mass is 10.0. The van der Waals surface area contributed by atoms with Gasteiger partial charge in [0.2, 0.25) is 5.91 Å². The average Bonchev–Trinajstić information content (AvgIpc) is 3.15. The molecule has 1 N–H and O–H groups in total. The molecule has 2 aromatic rings. The maximum Gasteiger partial charge on any atom is 0.234 e. The van der Waals surface area contributed by atoms with Crippen LogP contribution in [-0.2, 0) is 4.79 Å². The number of likely N-dealkylation sites (tertiary alicyclic amines) is 1. The predicted molar refractivity (Wildman–Crippen MR) is 109 cm³/mol. The predicted octanol–water partition coefficient (Wildman–Crippen LogP) is 3.78. The van der Waals surface area contributed by atoms with E-state index < -0.39 is 0 Å². The van der Waals surface area contributed by atoms with E-state index in [-0.39, 0.29) is 18.0 Å². The van der Waals surface area contributed by atoms with Gasteiger partial charge in [0.05, 0.1) is 12.6 Å². The molecule has 2 aromatic carbocycles. The lowest BCUT2D eigenvalue weighted by Crippen LogP contribution is -2.38. The molecule has 2 atom stereocenters. The minimum atomic E-state index is 0.00375. The lowest BCUT2D eigenvalue weighted by molar-refractivity contribution is -0.123. The van der Waals surface area contributed by atoms with Gasteiger partial charge in [-0.3, -0.25) is 9.69 Å². The Morgan fingerprint density at radius 3 is 2.79 bits per heavy atom. The Balaban J connectivity index is 1.41. The first-order chi connectivity index (χ1) is 13.6. The first-order valence-corrected chi connectivity index (χ1v) is 10.1. The largest absolute Gasteiger partial charge is 0.486 e. The van der Waals surface area contributed by atoms with Crippen LogP contribution in [0.25, 0.3) is 0 Å². The van der Waals surface area contributed by atoms with Crippen molar-refractivity contribution in [3.05, 3.63) is 59.2 Å². The highest BCUT2D eigenvalue weighted by molar-refractivity contribution is 5.78. The number of fused-ring (bicyclic) bond motifs is 1. The normalized spacial score (nSPS) is 20.0. The van der Waals surface area contributed by atoms with Crippen molar-refractivity contribution in [3.8, 4) is 11.5 Å². The highest BCUT2D eigenvalue weighted by Gasteiger charge is 2.29. The number of hydrogen-bond acceptors (Lipinski definition) is 4. The van der Waals surface area contributed by atoms with E-state index in [1.165, 1.54) is 16.7 Å². The molecule has 1 saturated heterocycles. The van der Waals surface area contributed by atoms with Crippen LogP contribution in [0.15, 0.2) is 42.5 Å². The number of ether oxygens (including phenoxy) is 2. The average molecular weight is 380 g/mol. The third-order valence-electron chi connectivity index (χ3n) is 5.69. The molecule has 0 unspecified atom stereocenters. The van der Waals surface area contributed by atoms with Gasteiger partial charge in [-0.1, -0.05) is 30.3 Å². The second-order valence-corrected chi connectivity index (χ2v) is 7.68. The lowest BCUT2D eigenvalue weighted by Gasteiger charge is -2.27. The van der Waals surface area contributed by atoms with Gasteiger partial charge in [-0.2, -0.15) is 0 Å². The number of rotatable bonds is 5. The van der Waals surface area contributed by atoms with Crippen LogP contribution in [0, 0.1) is 6.92 Å². The molecule has 4 rings (SSSR count). The van der Waals surface area contributed by atoms with Crippen LogP contribution in [0.2, 0.25) is 0 Å². The van der Waals surface area contributed by atoms with Gasteiger partial charge < -0.3 is 14.8 Å². The van der Waals surface area contributed by atoms with Crippen molar-refractivity contribution in [2.24, 2.45) is 0 Å². The minimum absolute atomic E-state index is 0.00375. The van der Waals surface area contributed by atoms with Crippen LogP contribution < -0.4 is 14.8 Å². The van der Waals surface area contributed by atoms with Gasteiger partial charge in [0.25, 0.3) is 0 Å². The molecule has 0 radical (unpaired) electrons. The molecule has 1 fully saturated rings. The summed E-state index contributed by atoms with van der Waals surface area (Å²) in [7, 11) is 0. The molecule has 0 saturated carbocycles. The topological polar surface area (TPSA) is 50.8 Å². The Labute approximate surface area is 166 Å². The molecule has 0 aromatic heterocycles. The van der Waals surface area contributed by atoms with Gasteiger partial charge in [0.15, 0.2) is 11.5 Å². The quantitative estimate of drug-likeness (QED) is 0.858. The van der Waals surface area contributed by atoms with Crippen LogP contribution in [0.4, 0.5) is 0 Å². The van der Waals surface area contributed by atoms with E-state index >= 15 is 0 Å². The first kappa shape index (κ1) is 18.8. The Bertz CT molecular complexity index is 851.